The number of benzene rings is 2. The van der Waals surface area contributed by atoms with E-state index < -0.39 is 0 Å². The van der Waals surface area contributed by atoms with Gasteiger partial charge in [-0.1, -0.05) is 23.7 Å². The van der Waals surface area contributed by atoms with Crippen LogP contribution in [0.25, 0.3) is 0 Å². The summed E-state index contributed by atoms with van der Waals surface area (Å²) in [5.41, 5.74) is 11.0. The molecule has 3 heteroatoms. The molecule has 0 fully saturated rings. The second-order valence-electron chi connectivity index (χ2n) is 4.80. The van der Waals surface area contributed by atoms with Crippen molar-refractivity contribution in [2.24, 2.45) is 0 Å². The van der Waals surface area contributed by atoms with E-state index in [1.54, 1.807) is 0 Å². The average molecular weight is 276 g/mol. The summed E-state index contributed by atoms with van der Waals surface area (Å²) in [4.78, 5) is 0. The topological polar surface area (TPSA) is 35.2 Å². The fourth-order valence-electron chi connectivity index (χ4n) is 2.03. The van der Waals surface area contributed by atoms with Crippen LogP contribution >= 0.6 is 11.6 Å². The number of hydrogen-bond acceptors (Lipinski definition) is 2. The molecule has 0 amide bonds. The molecule has 0 unspecified atom stereocenters. The number of anilines is 1. The summed E-state index contributed by atoms with van der Waals surface area (Å²) >= 11 is 6.14. The van der Waals surface area contributed by atoms with Gasteiger partial charge in [0.1, 0.15) is 12.4 Å². The Morgan fingerprint density at radius 2 is 1.89 bits per heavy atom. The molecular formula is C16H18ClNO. The molecule has 0 saturated heterocycles. The second-order valence-corrected chi connectivity index (χ2v) is 5.21. The van der Waals surface area contributed by atoms with Crippen molar-refractivity contribution < 1.29 is 4.74 Å². The van der Waals surface area contributed by atoms with E-state index in [1.807, 2.05) is 24.3 Å². The molecule has 2 aromatic rings. The third-order valence-corrected chi connectivity index (χ3v) is 3.65. The van der Waals surface area contributed by atoms with E-state index in [9.17, 15) is 0 Å². The highest BCUT2D eigenvalue weighted by atomic mass is 35.5. The molecule has 0 atom stereocenters. The zero-order valence-corrected chi connectivity index (χ0v) is 12.2. The molecular weight excluding hydrogens is 258 g/mol. The minimum absolute atomic E-state index is 0.384. The van der Waals surface area contributed by atoms with Crippen LogP contribution in [-0.2, 0) is 6.61 Å². The van der Waals surface area contributed by atoms with Crippen LogP contribution in [-0.4, -0.2) is 0 Å². The van der Waals surface area contributed by atoms with Crippen molar-refractivity contribution in [2.75, 3.05) is 5.73 Å². The number of halogens is 1. The number of ether oxygens (including phenoxy) is 1. The molecule has 0 aliphatic heterocycles. The van der Waals surface area contributed by atoms with Gasteiger partial charge < -0.3 is 10.5 Å². The van der Waals surface area contributed by atoms with Gasteiger partial charge in [-0.15, -0.1) is 0 Å². The quantitative estimate of drug-likeness (QED) is 0.841. The van der Waals surface area contributed by atoms with Gasteiger partial charge in [-0.2, -0.15) is 0 Å². The molecule has 0 saturated carbocycles. The largest absolute Gasteiger partial charge is 0.488 e. The first-order chi connectivity index (χ1) is 8.99. The van der Waals surface area contributed by atoms with E-state index in [-0.39, 0.29) is 0 Å². The van der Waals surface area contributed by atoms with Crippen LogP contribution in [0.2, 0.25) is 5.02 Å². The number of rotatable bonds is 3. The zero-order valence-electron chi connectivity index (χ0n) is 11.5. The molecule has 19 heavy (non-hydrogen) atoms. The van der Waals surface area contributed by atoms with Gasteiger partial charge in [-0.3, -0.25) is 0 Å². The summed E-state index contributed by atoms with van der Waals surface area (Å²) in [7, 11) is 0. The molecule has 2 N–H and O–H groups in total. The summed E-state index contributed by atoms with van der Waals surface area (Å²) in [6.45, 7) is 6.58. The van der Waals surface area contributed by atoms with Crippen LogP contribution < -0.4 is 10.5 Å². The van der Waals surface area contributed by atoms with Crippen LogP contribution in [0.15, 0.2) is 30.3 Å². The highest BCUT2D eigenvalue weighted by Crippen LogP contribution is 2.27. The molecule has 100 valence electrons. The maximum atomic E-state index is 6.14. The third kappa shape index (κ3) is 3.02. The summed E-state index contributed by atoms with van der Waals surface area (Å²) in [6, 6.07) is 9.68. The van der Waals surface area contributed by atoms with Crippen LogP contribution in [0.1, 0.15) is 22.3 Å². The van der Waals surface area contributed by atoms with Crippen molar-refractivity contribution in [3.05, 3.63) is 57.6 Å². The number of aryl methyl sites for hydroxylation is 2. The predicted molar refractivity (Wildman–Crippen MR) is 80.8 cm³/mol. The molecule has 2 rings (SSSR count). The predicted octanol–water partition coefficient (Wildman–Crippen LogP) is 4.43. The van der Waals surface area contributed by atoms with E-state index in [2.05, 4.69) is 26.8 Å². The Bertz CT molecular complexity index is 588. The normalized spacial score (nSPS) is 10.5. The van der Waals surface area contributed by atoms with Gasteiger partial charge in [-0.25, -0.2) is 0 Å². The molecule has 2 aromatic carbocycles. The van der Waals surface area contributed by atoms with Crippen molar-refractivity contribution in [3.8, 4) is 5.75 Å². The Morgan fingerprint density at radius 3 is 2.58 bits per heavy atom. The Balaban J connectivity index is 2.24. The van der Waals surface area contributed by atoms with Crippen molar-refractivity contribution in [1.82, 2.24) is 0 Å². The number of nitrogens with two attached hydrogens (primary N) is 1. The molecule has 2 nitrogen and oxygen atoms in total. The highest BCUT2D eigenvalue weighted by Gasteiger charge is 2.08. The van der Waals surface area contributed by atoms with Crippen molar-refractivity contribution in [1.29, 1.82) is 0 Å². The smallest absolute Gasteiger partial charge is 0.123 e. The van der Waals surface area contributed by atoms with Gasteiger partial charge in [0.2, 0.25) is 0 Å². The van der Waals surface area contributed by atoms with Gasteiger partial charge in [0.15, 0.2) is 0 Å². The van der Waals surface area contributed by atoms with Crippen molar-refractivity contribution in [2.45, 2.75) is 27.4 Å². The lowest BCUT2D eigenvalue weighted by molar-refractivity contribution is 0.304. The molecule has 0 aromatic heterocycles. The summed E-state index contributed by atoms with van der Waals surface area (Å²) in [6.07, 6.45) is 0. The fraction of sp³-hybridized carbons (Fsp3) is 0.250. The van der Waals surface area contributed by atoms with Gasteiger partial charge in [0, 0.05) is 16.3 Å². The molecule has 0 radical (unpaired) electrons. The van der Waals surface area contributed by atoms with Gasteiger partial charge in [0.05, 0.1) is 0 Å². The lowest BCUT2D eigenvalue weighted by Gasteiger charge is -2.14. The maximum Gasteiger partial charge on any atom is 0.123 e. The third-order valence-electron chi connectivity index (χ3n) is 3.29. The summed E-state index contributed by atoms with van der Waals surface area (Å²) < 4.78 is 5.88. The van der Waals surface area contributed by atoms with Gasteiger partial charge in [0.25, 0.3) is 0 Å². The van der Waals surface area contributed by atoms with Gasteiger partial charge in [-0.05, 0) is 55.7 Å². The lowest BCUT2D eigenvalue weighted by Crippen LogP contribution is -2.02. The number of nitrogen functional groups attached to an aromatic ring is 1. The Kier molecular flexibility index (Phi) is 4.01. The lowest BCUT2D eigenvalue weighted by atomic mass is 10.1. The summed E-state index contributed by atoms with van der Waals surface area (Å²) in [5, 5.41) is 0.641. The van der Waals surface area contributed by atoms with Gasteiger partial charge >= 0.3 is 0 Å². The average Bonchev–Trinajstić information content (AvgIpc) is 2.34. The molecule has 0 aliphatic carbocycles. The van der Waals surface area contributed by atoms with Crippen LogP contribution in [0, 0.1) is 20.8 Å². The molecule has 0 heterocycles. The minimum atomic E-state index is 0.384. The van der Waals surface area contributed by atoms with Crippen LogP contribution in [0.3, 0.4) is 0 Å². The standard InChI is InChI=1S/C16H18ClNO/c1-10-7-11(2)12(3)16(8-10)19-9-13-14(17)5-4-6-15(13)18/h4-8H,9,18H2,1-3H3. The van der Waals surface area contributed by atoms with E-state index >= 15 is 0 Å². The Morgan fingerprint density at radius 1 is 1.16 bits per heavy atom. The first-order valence-corrected chi connectivity index (χ1v) is 6.60. The minimum Gasteiger partial charge on any atom is -0.488 e. The van der Waals surface area contributed by atoms with Crippen LogP contribution in [0.5, 0.6) is 5.75 Å². The van der Waals surface area contributed by atoms with E-state index in [0.29, 0.717) is 17.3 Å². The summed E-state index contributed by atoms with van der Waals surface area (Å²) in [5.74, 6) is 0.886. The first kappa shape index (κ1) is 13.8. The maximum absolute atomic E-state index is 6.14. The van der Waals surface area contributed by atoms with Crippen molar-refractivity contribution >= 4 is 17.3 Å². The van der Waals surface area contributed by atoms with Crippen LogP contribution in [0.4, 0.5) is 5.69 Å². The van der Waals surface area contributed by atoms with E-state index in [0.717, 1.165) is 16.9 Å². The molecule has 0 aliphatic rings. The highest BCUT2D eigenvalue weighted by molar-refractivity contribution is 6.31. The molecule has 0 spiro atoms. The fourth-order valence-corrected chi connectivity index (χ4v) is 2.26. The number of hydrogen-bond donors (Lipinski definition) is 1. The SMILES string of the molecule is Cc1cc(C)c(C)c(OCc2c(N)cccc2Cl)c1. The second kappa shape index (κ2) is 5.54. The van der Waals surface area contributed by atoms with E-state index in [1.165, 1.54) is 11.1 Å². The molecule has 0 bridgehead atoms. The zero-order chi connectivity index (χ0) is 14.0. The van der Waals surface area contributed by atoms with Crippen molar-refractivity contribution in [3.63, 3.8) is 0 Å². The van der Waals surface area contributed by atoms with E-state index in [4.69, 9.17) is 22.1 Å². The Hall–Kier alpha value is -1.67. The first-order valence-electron chi connectivity index (χ1n) is 6.22. The monoisotopic (exact) mass is 275 g/mol. The Labute approximate surface area is 119 Å².